The summed E-state index contributed by atoms with van der Waals surface area (Å²) >= 11 is 0. The first-order valence-electron chi connectivity index (χ1n) is 10.6. The summed E-state index contributed by atoms with van der Waals surface area (Å²) in [6, 6.07) is 1.52. The second-order valence-corrected chi connectivity index (χ2v) is 8.18. The van der Waals surface area contributed by atoms with Gasteiger partial charge < -0.3 is 20.1 Å². The fourth-order valence-corrected chi connectivity index (χ4v) is 4.79. The molecule has 10 heteroatoms. The summed E-state index contributed by atoms with van der Waals surface area (Å²) in [6.45, 7) is 0.0587. The Morgan fingerprint density at radius 1 is 1.25 bits per heavy atom. The summed E-state index contributed by atoms with van der Waals surface area (Å²) in [4.78, 5) is 24.4. The van der Waals surface area contributed by atoms with Crippen LogP contribution in [-0.4, -0.2) is 44.7 Å². The molecule has 3 aliphatic carbocycles. The third-order valence-corrected chi connectivity index (χ3v) is 6.29. The van der Waals surface area contributed by atoms with E-state index in [0.29, 0.717) is 40.6 Å². The average molecular weight is 445 g/mol. The number of hydrogen-bond donors (Lipinski definition) is 3. The Morgan fingerprint density at radius 2 is 2.00 bits per heavy atom. The lowest BCUT2D eigenvalue weighted by Crippen LogP contribution is -2.40. The monoisotopic (exact) mass is 445 g/mol. The van der Waals surface area contributed by atoms with E-state index in [2.05, 4.69) is 30.0 Å². The van der Waals surface area contributed by atoms with Gasteiger partial charge in [0, 0.05) is 11.4 Å². The Labute approximate surface area is 183 Å². The highest BCUT2D eigenvalue weighted by Crippen LogP contribution is 2.42. The van der Waals surface area contributed by atoms with Crippen molar-refractivity contribution in [2.75, 3.05) is 12.4 Å². The smallest absolute Gasteiger partial charge is 0.292 e. The molecule has 3 aromatic rings. The molecule has 170 valence electrons. The van der Waals surface area contributed by atoms with E-state index in [0.717, 1.165) is 18.8 Å². The summed E-state index contributed by atoms with van der Waals surface area (Å²) in [5.41, 5.74) is 1.28. The highest BCUT2D eigenvalue weighted by atomic mass is 19.1. The minimum atomic E-state index is -0.514. The second-order valence-electron chi connectivity index (χ2n) is 8.18. The van der Waals surface area contributed by atoms with Crippen LogP contribution in [0.3, 0.4) is 0 Å². The van der Waals surface area contributed by atoms with Crippen LogP contribution in [0.25, 0.3) is 22.4 Å². The van der Waals surface area contributed by atoms with Gasteiger partial charge in [-0.1, -0.05) is 12.8 Å². The van der Waals surface area contributed by atoms with Crippen LogP contribution in [0.4, 0.5) is 14.6 Å². The Bertz CT molecular complexity index is 1100. The number of nitrogens with zero attached hydrogens (tertiary/aromatic N) is 3. The van der Waals surface area contributed by atoms with Crippen LogP contribution in [0.1, 0.15) is 37.8 Å². The molecule has 3 N–H and O–H groups in total. The SMILES string of the molecule is COC=O.OCc1[nH]c2ncc(F)cc2c1-c1ncc(F)c(NC2CC3CCC2CC3)n1. The van der Waals surface area contributed by atoms with Crippen LogP contribution in [0, 0.1) is 23.5 Å². The zero-order valence-corrected chi connectivity index (χ0v) is 17.6. The van der Waals surface area contributed by atoms with Gasteiger partial charge in [-0.2, -0.15) is 0 Å². The largest absolute Gasteiger partial charge is 0.471 e. The number of halogens is 2. The third kappa shape index (κ3) is 4.40. The number of aliphatic hydroxyl groups is 1. The number of rotatable bonds is 5. The van der Waals surface area contributed by atoms with Gasteiger partial charge >= 0.3 is 0 Å². The highest BCUT2D eigenvalue weighted by Gasteiger charge is 2.36. The summed E-state index contributed by atoms with van der Waals surface area (Å²) in [7, 11) is 1.31. The topological polar surface area (TPSA) is 113 Å². The number of methoxy groups -OCH3 is 1. The van der Waals surface area contributed by atoms with Crippen LogP contribution in [0.5, 0.6) is 0 Å². The molecule has 3 aliphatic rings. The van der Waals surface area contributed by atoms with Crippen molar-refractivity contribution in [1.82, 2.24) is 19.9 Å². The summed E-state index contributed by atoms with van der Waals surface area (Å²) in [5, 5.41) is 13.5. The zero-order valence-electron chi connectivity index (χ0n) is 17.6. The standard InChI is InChI=1S/C20H21F2N5O.C2H4O2/c21-12-6-13-17(16(9-28)26-18(13)23-7-12)20-24-8-14(22)19(27-20)25-15-5-10-1-3-11(15)4-2-10;1-4-2-3/h6-8,10-11,15,28H,1-5,9H2,(H,23,26)(H,24,25,27);2H,1H3. The van der Waals surface area contributed by atoms with Crippen molar-refractivity contribution in [3.63, 3.8) is 0 Å². The number of hydrogen-bond acceptors (Lipinski definition) is 7. The quantitative estimate of drug-likeness (QED) is 0.515. The predicted octanol–water partition coefficient (Wildman–Crippen LogP) is 3.57. The molecule has 0 saturated heterocycles. The molecule has 8 nitrogen and oxygen atoms in total. The van der Waals surface area contributed by atoms with Gasteiger partial charge in [-0.05, 0) is 37.2 Å². The molecule has 3 heterocycles. The van der Waals surface area contributed by atoms with E-state index >= 15 is 0 Å². The van der Waals surface area contributed by atoms with E-state index in [9.17, 15) is 13.9 Å². The van der Waals surface area contributed by atoms with Crippen LogP contribution in [-0.2, 0) is 16.1 Å². The zero-order chi connectivity index (χ0) is 22.7. The van der Waals surface area contributed by atoms with E-state index < -0.39 is 11.6 Å². The maximum atomic E-state index is 14.5. The lowest BCUT2D eigenvalue weighted by atomic mass is 9.68. The van der Waals surface area contributed by atoms with Crippen molar-refractivity contribution in [2.24, 2.45) is 11.8 Å². The number of carbonyl (C=O) groups is 1. The Morgan fingerprint density at radius 3 is 2.62 bits per heavy atom. The summed E-state index contributed by atoms with van der Waals surface area (Å²) < 4.78 is 32.0. The van der Waals surface area contributed by atoms with Gasteiger partial charge in [-0.15, -0.1) is 0 Å². The number of H-pyrrole nitrogens is 1. The first-order valence-corrected chi connectivity index (χ1v) is 10.6. The fraction of sp³-hybridized carbons (Fsp3) is 0.455. The van der Waals surface area contributed by atoms with Crippen LogP contribution < -0.4 is 5.32 Å². The molecule has 3 saturated carbocycles. The first kappa shape index (κ1) is 22.1. The Balaban J connectivity index is 0.000000567. The van der Waals surface area contributed by atoms with Crippen molar-refractivity contribution < 1.29 is 23.4 Å². The normalized spacial score (nSPS) is 21.7. The molecule has 0 radical (unpaired) electrons. The highest BCUT2D eigenvalue weighted by molar-refractivity contribution is 5.93. The van der Waals surface area contributed by atoms with Crippen molar-refractivity contribution in [3.05, 3.63) is 35.8 Å². The van der Waals surface area contributed by atoms with Crippen molar-refractivity contribution >= 4 is 23.3 Å². The molecular formula is C22H25F2N5O3. The van der Waals surface area contributed by atoms with Crippen molar-refractivity contribution in [2.45, 2.75) is 44.8 Å². The molecule has 3 aromatic heterocycles. The Kier molecular flexibility index (Phi) is 6.59. The molecule has 3 fully saturated rings. The first-order chi connectivity index (χ1) is 15.5. The second kappa shape index (κ2) is 9.56. The van der Waals surface area contributed by atoms with E-state index in [-0.39, 0.29) is 24.3 Å². The minimum absolute atomic E-state index is 0.158. The molecular weight excluding hydrogens is 420 g/mol. The molecule has 32 heavy (non-hydrogen) atoms. The van der Waals surface area contributed by atoms with Crippen LogP contribution >= 0.6 is 0 Å². The number of ether oxygens (including phenoxy) is 1. The number of aliphatic hydroxyl groups excluding tert-OH is 1. The molecule has 1 atom stereocenters. The van der Waals surface area contributed by atoms with Crippen molar-refractivity contribution in [1.29, 1.82) is 0 Å². The van der Waals surface area contributed by atoms with Gasteiger partial charge in [0.1, 0.15) is 11.5 Å². The number of aromatic nitrogens is 4. The number of nitrogens with one attached hydrogen (secondary N) is 2. The number of carbonyl (C=O) groups excluding carboxylic acids is 1. The van der Waals surface area contributed by atoms with Crippen LogP contribution in [0.15, 0.2) is 18.5 Å². The van der Waals surface area contributed by atoms with Gasteiger partial charge in [-0.3, -0.25) is 4.79 Å². The fourth-order valence-electron chi connectivity index (χ4n) is 4.79. The molecule has 6 rings (SSSR count). The summed E-state index contributed by atoms with van der Waals surface area (Å²) in [5.74, 6) is 0.617. The molecule has 0 aliphatic heterocycles. The number of aromatic amines is 1. The molecule has 0 amide bonds. The van der Waals surface area contributed by atoms with Gasteiger partial charge in [0.2, 0.25) is 0 Å². The lowest BCUT2D eigenvalue weighted by molar-refractivity contribution is -0.126. The molecule has 0 aromatic carbocycles. The third-order valence-electron chi connectivity index (χ3n) is 6.29. The summed E-state index contributed by atoms with van der Waals surface area (Å²) in [6.07, 6.45) is 8.11. The minimum Gasteiger partial charge on any atom is -0.471 e. The molecule has 1 unspecified atom stereocenters. The van der Waals surface area contributed by atoms with Gasteiger partial charge in [0.25, 0.3) is 6.47 Å². The van der Waals surface area contributed by atoms with Crippen LogP contribution in [0.2, 0.25) is 0 Å². The van der Waals surface area contributed by atoms with Gasteiger partial charge in [-0.25, -0.2) is 23.7 Å². The van der Waals surface area contributed by atoms with E-state index in [1.165, 1.54) is 38.9 Å². The van der Waals surface area contributed by atoms with E-state index in [4.69, 9.17) is 4.79 Å². The van der Waals surface area contributed by atoms with Crippen molar-refractivity contribution in [3.8, 4) is 11.4 Å². The average Bonchev–Trinajstić information content (AvgIpc) is 3.19. The van der Waals surface area contributed by atoms with Gasteiger partial charge in [0.15, 0.2) is 17.5 Å². The maximum Gasteiger partial charge on any atom is 0.292 e. The van der Waals surface area contributed by atoms with E-state index in [1.54, 1.807) is 0 Å². The number of fused-ring (bicyclic) bond motifs is 4. The lowest BCUT2D eigenvalue weighted by Gasteiger charge is -2.42. The van der Waals surface area contributed by atoms with E-state index in [1.807, 2.05) is 0 Å². The number of pyridine rings is 1. The maximum absolute atomic E-state index is 14.5. The molecule has 2 bridgehead atoms. The molecule has 0 spiro atoms. The van der Waals surface area contributed by atoms with Gasteiger partial charge in [0.05, 0.1) is 37.4 Å². The Hall–Kier alpha value is -3.14. The number of anilines is 1. The predicted molar refractivity (Wildman–Crippen MR) is 114 cm³/mol.